The maximum absolute atomic E-state index is 11.8. The number of nitriles is 1. The fraction of sp³-hybridized carbons (Fsp3) is 0.500. The summed E-state index contributed by atoms with van der Waals surface area (Å²) in [5.41, 5.74) is 0.825. The van der Waals surface area contributed by atoms with Crippen LogP contribution in [0.15, 0.2) is 18.3 Å². The van der Waals surface area contributed by atoms with Gasteiger partial charge in [0.2, 0.25) is 0 Å². The molecular weight excluding hydrogens is 240 g/mol. The largest absolute Gasteiger partial charge is 0.351 e. The van der Waals surface area contributed by atoms with Crippen LogP contribution >= 0.6 is 0 Å². The molecular formula is C14H18N4O. The van der Waals surface area contributed by atoms with E-state index in [0.29, 0.717) is 17.8 Å². The molecule has 1 aliphatic heterocycles. The normalized spacial score (nSPS) is 15.1. The molecule has 0 unspecified atom stereocenters. The van der Waals surface area contributed by atoms with E-state index in [1.165, 1.54) is 32.1 Å². The quantitative estimate of drug-likeness (QED) is 0.805. The number of nitrogens with one attached hydrogen (secondary N) is 1. The van der Waals surface area contributed by atoms with Gasteiger partial charge in [0.15, 0.2) is 0 Å². The van der Waals surface area contributed by atoms with E-state index in [4.69, 9.17) is 5.26 Å². The summed E-state index contributed by atoms with van der Waals surface area (Å²) in [5.74, 6) is -0.175. The third-order valence-electron chi connectivity index (χ3n) is 3.26. The Morgan fingerprint density at radius 3 is 2.84 bits per heavy atom. The summed E-state index contributed by atoms with van der Waals surface area (Å²) in [4.78, 5) is 18.2. The van der Waals surface area contributed by atoms with Gasteiger partial charge in [-0.1, -0.05) is 0 Å². The van der Waals surface area contributed by atoms with E-state index in [1.54, 1.807) is 12.1 Å². The van der Waals surface area contributed by atoms with Crippen LogP contribution in [-0.4, -0.2) is 42.0 Å². The van der Waals surface area contributed by atoms with Crippen LogP contribution < -0.4 is 5.32 Å². The summed E-state index contributed by atoms with van der Waals surface area (Å²) in [5, 5.41) is 11.5. The molecule has 1 fully saturated rings. The average molecular weight is 258 g/mol. The second kappa shape index (κ2) is 6.86. The van der Waals surface area contributed by atoms with Gasteiger partial charge < -0.3 is 10.2 Å². The minimum absolute atomic E-state index is 0.175. The minimum atomic E-state index is -0.175. The van der Waals surface area contributed by atoms with Gasteiger partial charge >= 0.3 is 0 Å². The fourth-order valence-electron chi connectivity index (χ4n) is 2.20. The van der Waals surface area contributed by atoms with Crippen molar-refractivity contribution in [1.82, 2.24) is 15.2 Å². The van der Waals surface area contributed by atoms with Crippen molar-refractivity contribution in [3.8, 4) is 6.07 Å². The number of aromatic nitrogens is 1. The van der Waals surface area contributed by atoms with Gasteiger partial charge in [-0.2, -0.15) is 5.26 Å². The molecule has 0 aliphatic carbocycles. The fourth-order valence-corrected chi connectivity index (χ4v) is 2.20. The molecule has 0 bridgehead atoms. The molecule has 1 aromatic heterocycles. The number of amides is 1. The zero-order chi connectivity index (χ0) is 13.5. The maximum Gasteiger partial charge on any atom is 0.269 e. The predicted molar refractivity (Wildman–Crippen MR) is 71.6 cm³/mol. The van der Waals surface area contributed by atoms with Gasteiger partial charge in [-0.3, -0.25) is 4.79 Å². The Balaban J connectivity index is 1.69. The number of hydrogen-bond donors (Lipinski definition) is 1. The molecule has 0 atom stereocenters. The van der Waals surface area contributed by atoms with E-state index in [1.807, 2.05) is 6.07 Å². The number of rotatable bonds is 5. The number of hydrogen-bond acceptors (Lipinski definition) is 4. The van der Waals surface area contributed by atoms with E-state index in [9.17, 15) is 4.79 Å². The van der Waals surface area contributed by atoms with E-state index in [2.05, 4.69) is 15.2 Å². The lowest BCUT2D eigenvalue weighted by molar-refractivity contribution is 0.0947. The highest BCUT2D eigenvalue weighted by Gasteiger charge is 2.11. The standard InChI is InChI=1S/C14H18N4O/c15-10-12-4-5-13(17-11-12)14(19)16-6-3-9-18-7-1-2-8-18/h4-5,11H,1-3,6-9H2,(H,16,19). The maximum atomic E-state index is 11.8. The molecule has 1 aromatic rings. The van der Waals surface area contributed by atoms with Gasteiger partial charge in [0, 0.05) is 12.7 Å². The first kappa shape index (κ1) is 13.5. The Morgan fingerprint density at radius 2 is 2.21 bits per heavy atom. The molecule has 0 saturated carbocycles. The third-order valence-corrected chi connectivity index (χ3v) is 3.26. The van der Waals surface area contributed by atoms with E-state index < -0.39 is 0 Å². The lowest BCUT2D eigenvalue weighted by atomic mass is 10.2. The molecule has 2 heterocycles. The van der Waals surface area contributed by atoms with Crippen molar-refractivity contribution in [1.29, 1.82) is 5.26 Å². The van der Waals surface area contributed by atoms with Gasteiger partial charge in [0.25, 0.3) is 5.91 Å². The molecule has 1 N–H and O–H groups in total. The van der Waals surface area contributed by atoms with E-state index in [-0.39, 0.29) is 5.91 Å². The Bertz CT molecular complexity index is 457. The van der Waals surface area contributed by atoms with Crippen LogP contribution in [0.1, 0.15) is 35.3 Å². The Morgan fingerprint density at radius 1 is 1.42 bits per heavy atom. The highest BCUT2D eigenvalue weighted by molar-refractivity contribution is 5.92. The zero-order valence-electron chi connectivity index (χ0n) is 10.9. The Hall–Kier alpha value is -1.93. The molecule has 0 spiro atoms. The SMILES string of the molecule is N#Cc1ccc(C(=O)NCCCN2CCCC2)nc1. The lowest BCUT2D eigenvalue weighted by Crippen LogP contribution is -2.29. The van der Waals surface area contributed by atoms with Crippen LogP contribution in [0.2, 0.25) is 0 Å². The van der Waals surface area contributed by atoms with Crippen molar-refractivity contribution in [2.24, 2.45) is 0 Å². The summed E-state index contributed by atoms with van der Waals surface area (Å²) in [6.07, 6.45) is 4.96. The first-order chi connectivity index (χ1) is 9.29. The molecule has 19 heavy (non-hydrogen) atoms. The van der Waals surface area contributed by atoms with Crippen molar-refractivity contribution in [2.75, 3.05) is 26.2 Å². The van der Waals surface area contributed by atoms with Crippen molar-refractivity contribution in [3.05, 3.63) is 29.6 Å². The molecule has 2 rings (SSSR count). The highest BCUT2D eigenvalue weighted by atomic mass is 16.1. The van der Waals surface area contributed by atoms with Gasteiger partial charge in [-0.25, -0.2) is 4.98 Å². The number of carbonyl (C=O) groups excluding carboxylic acids is 1. The minimum Gasteiger partial charge on any atom is -0.351 e. The van der Waals surface area contributed by atoms with E-state index in [0.717, 1.165) is 13.0 Å². The summed E-state index contributed by atoms with van der Waals surface area (Å²) in [7, 11) is 0. The molecule has 0 radical (unpaired) electrons. The number of likely N-dealkylation sites (tertiary alicyclic amines) is 1. The van der Waals surface area contributed by atoms with Gasteiger partial charge in [-0.15, -0.1) is 0 Å². The van der Waals surface area contributed by atoms with Crippen molar-refractivity contribution >= 4 is 5.91 Å². The van der Waals surface area contributed by atoms with Gasteiger partial charge in [0.1, 0.15) is 11.8 Å². The number of pyridine rings is 1. The summed E-state index contributed by atoms with van der Waals surface area (Å²) >= 11 is 0. The van der Waals surface area contributed by atoms with Crippen LogP contribution in [0.25, 0.3) is 0 Å². The van der Waals surface area contributed by atoms with Crippen molar-refractivity contribution in [3.63, 3.8) is 0 Å². The molecule has 0 aromatic carbocycles. The second-order valence-electron chi connectivity index (χ2n) is 4.70. The third kappa shape index (κ3) is 4.04. The molecule has 1 amide bonds. The molecule has 5 heteroatoms. The van der Waals surface area contributed by atoms with Crippen LogP contribution in [0.3, 0.4) is 0 Å². The summed E-state index contributed by atoms with van der Waals surface area (Å²) in [6.45, 7) is 4.08. The van der Waals surface area contributed by atoms with Gasteiger partial charge in [-0.05, 0) is 51.0 Å². The number of carbonyl (C=O) groups is 1. The molecule has 100 valence electrons. The highest BCUT2D eigenvalue weighted by Crippen LogP contribution is 2.07. The van der Waals surface area contributed by atoms with Crippen molar-refractivity contribution in [2.45, 2.75) is 19.3 Å². The van der Waals surface area contributed by atoms with Crippen LogP contribution in [0.5, 0.6) is 0 Å². The smallest absolute Gasteiger partial charge is 0.269 e. The van der Waals surface area contributed by atoms with Crippen LogP contribution in [0, 0.1) is 11.3 Å². The summed E-state index contributed by atoms with van der Waals surface area (Å²) < 4.78 is 0. The topological polar surface area (TPSA) is 69.0 Å². The van der Waals surface area contributed by atoms with Crippen molar-refractivity contribution < 1.29 is 4.79 Å². The van der Waals surface area contributed by atoms with Gasteiger partial charge in [0.05, 0.1) is 5.56 Å². The monoisotopic (exact) mass is 258 g/mol. The second-order valence-corrected chi connectivity index (χ2v) is 4.70. The molecule has 1 aliphatic rings. The Labute approximate surface area is 113 Å². The average Bonchev–Trinajstić information content (AvgIpc) is 2.96. The van der Waals surface area contributed by atoms with Crippen LogP contribution in [-0.2, 0) is 0 Å². The first-order valence-corrected chi connectivity index (χ1v) is 6.66. The summed E-state index contributed by atoms with van der Waals surface area (Å²) in [6, 6.07) is 5.16. The number of nitrogens with zero attached hydrogens (tertiary/aromatic N) is 3. The molecule has 1 saturated heterocycles. The molecule has 5 nitrogen and oxygen atoms in total. The zero-order valence-corrected chi connectivity index (χ0v) is 10.9. The van der Waals surface area contributed by atoms with Crippen LogP contribution in [0.4, 0.5) is 0 Å². The lowest BCUT2D eigenvalue weighted by Gasteiger charge is -2.14. The van der Waals surface area contributed by atoms with E-state index >= 15 is 0 Å². The Kier molecular flexibility index (Phi) is 4.87. The first-order valence-electron chi connectivity index (χ1n) is 6.66. The predicted octanol–water partition coefficient (Wildman–Crippen LogP) is 1.17.